The Labute approximate surface area is 109 Å². The molecule has 0 aliphatic heterocycles. The van der Waals surface area contributed by atoms with Gasteiger partial charge in [-0.1, -0.05) is 26.7 Å². The Morgan fingerprint density at radius 3 is 2.67 bits per heavy atom. The Morgan fingerprint density at radius 1 is 1.44 bits per heavy atom. The van der Waals surface area contributed by atoms with Crippen LogP contribution in [0, 0.1) is 17.8 Å². The number of imide groups is 1. The number of hydrogen-bond donors (Lipinski definition) is 1. The van der Waals surface area contributed by atoms with Gasteiger partial charge in [-0.15, -0.1) is 0 Å². The van der Waals surface area contributed by atoms with Gasteiger partial charge in [0, 0.05) is 5.92 Å². The van der Waals surface area contributed by atoms with Crippen molar-refractivity contribution in [2.45, 2.75) is 58.5 Å². The minimum absolute atomic E-state index is 0.0858. The summed E-state index contributed by atoms with van der Waals surface area (Å²) < 4.78 is 13.9. The summed E-state index contributed by atoms with van der Waals surface area (Å²) in [5, 5.41) is 2.23. The number of rotatable bonds is 6. The van der Waals surface area contributed by atoms with Gasteiger partial charge in [-0.3, -0.25) is 14.9 Å². The second kappa shape index (κ2) is 7.49. The van der Waals surface area contributed by atoms with Crippen LogP contribution in [0.25, 0.3) is 0 Å². The van der Waals surface area contributed by atoms with Gasteiger partial charge < -0.3 is 0 Å². The van der Waals surface area contributed by atoms with E-state index in [4.69, 9.17) is 0 Å². The van der Waals surface area contributed by atoms with Crippen molar-refractivity contribution in [2.24, 2.45) is 17.8 Å². The third-order valence-corrected chi connectivity index (χ3v) is 4.18. The molecular weight excluding hydrogens is 233 g/mol. The van der Waals surface area contributed by atoms with Crippen LogP contribution in [-0.4, -0.2) is 18.5 Å². The average molecular weight is 257 g/mol. The highest BCUT2D eigenvalue weighted by atomic mass is 19.1. The predicted octanol–water partition coefficient (Wildman–Crippen LogP) is 2.84. The Kier molecular flexibility index (Phi) is 6.30. The lowest BCUT2D eigenvalue weighted by molar-refractivity contribution is -0.130. The van der Waals surface area contributed by atoms with E-state index in [9.17, 15) is 14.0 Å². The van der Waals surface area contributed by atoms with Gasteiger partial charge in [0.05, 0.1) is 0 Å². The fraction of sp³-hybridized carbons (Fsp3) is 0.857. The molecule has 1 aliphatic rings. The number of carbonyl (C=O) groups excluding carboxylic acids is 2. The van der Waals surface area contributed by atoms with E-state index in [1.54, 1.807) is 0 Å². The van der Waals surface area contributed by atoms with Crippen LogP contribution in [0.3, 0.4) is 0 Å². The van der Waals surface area contributed by atoms with Gasteiger partial charge in [0.2, 0.25) is 12.3 Å². The molecule has 0 saturated heterocycles. The number of alkyl halides is 1. The second-order valence-electron chi connectivity index (χ2n) is 5.28. The van der Waals surface area contributed by atoms with E-state index in [0.717, 1.165) is 32.1 Å². The molecule has 4 unspecified atom stereocenters. The van der Waals surface area contributed by atoms with Gasteiger partial charge in [0.1, 0.15) is 6.17 Å². The fourth-order valence-electron chi connectivity index (χ4n) is 3.09. The molecule has 0 aromatic carbocycles. The molecule has 104 valence electrons. The highest BCUT2D eigenvalue weighted by Gasteiger charge is 2.35. The van der Waals surface area contributed by atoms with Gasteiger partial charge >= 0.3 is 0 Å². The van der Waals surface area contributed by atoms with Crippen molar-refractivity contribution in [1.82, 2.24) is 5.32 Å². The zero-order chi connectivity index (χ0) is 13.5. The van der Waals surface area contributed by atoms with Crippen LogP contribution >= 0.6 is 0 Å². The summed E-state index contributed by atoms with van der Waals surface area (Å²) in [6.07, 6.45) is 4.33. The van der Waals surface area contributed by atoms with Crippen LogP contribution in [0.15, 0.2) is 0 Å². The summed E-state index contributed by atoms with van der Waals surface area (Å²) in [6.45, 7) is 4.02. The Balaban J connectivity index is 2.63. The third-order valence-electron chi connectivity index (χ3n) is 4.18. The largest absolute Gasteiger partial charge is 0.299 e. The van der Waals surface area contributed by atoms with Crippen LogP contribution < -0.4 is 5.32 Å². The maximum atomic E-state index is 13.9. The molecule has 1 saturated carbocycles. The van der Waals surface area contributed by atoms with Crippen LogP contribution in [0.4, 0.5) is 4.39 Å². The number of halogens is 1. The van der Waals surface area contributed by atoms with Crippen molar-refractivity contribution in [1.29, 1.82) is 0 Å². The molecule has 1 N–H and O–H groups in total. The monoisotopic (exact) mass is 257 g/mol. The Hall–Kier alpha value is -0.930. The lowest BCUT2D eigenvalue weighted by Crippen LogP contribution is -2.38. The third kappa shape index (κ3) is 3.79. The van der Waals surface area contributed by atoms with E-state index in [1.165, 1.54) is 0 Å². The zero-order valence-electron chi connectivity index (χ0n) is 11.3. The molecule has 0 heterocycles. The first-order chi connectivity index (χ1) is 8.63. The summed E-state index contributed by atoms with van der Waals surface area (Å²) in [5.74, 6) is -0.212. The molecule has 4 atom stereocenters. The van der Waals surface area contributed by atoms with Crippen molar-refractivity contribution in [3.63, 3.8) is 0 Å². The number of amides is 2. The van der Waals surface area contributed by atoms with Crippen molar-refractivity contribution >= 4 is 12.3 Å². The van der Waals surface area contributed by atoms with E-state index in [2.05, 4.69) is 5.32 Å². The maximum Gasteiger partial charge on any atom is 0.229 e. The summed E-state index contributed by atoms with van der Waals surface area (Å²) in [4.78, 5) is 22.2. The normalized spacial score (nSPS) is 29.6. The minimum atomic E-state index is -0.794. The van der Waals surface area contributed by atoms with E-state index in [-0.39, 0.29) is 23.7 Å². The molecule has 1 fully saturated rings. The molecule has 4 heteroatoms. The SMILES string of the molecule is CCCC(C(=O)NC=O)C1CCC(CC)C(F)C1. The topological polar surface area (TPSA) is 46.2 Å². The van der Waals surface area contributed by atoms with Crippen molar-refractivity contribution in [3.8, 4) is 0 Å². The maximum absolute atomic E-state index is 13.9. The number of carbonyl (C=O) groups is 2. The minimum Gasteiger partial charge on any atom is -0.299 e. The van der Waals surface area contributed by atoms with Crippen LogP contribution in [0.1, 0.15) is 52.4 Å². The standard InChI is InChI=1S/C14H24FNO2/c1-3-5-12(14(18)16-9-17)11-7-6-10(4-2)13(15)8-11/h9-13H,3-8H2,1-2H3,(H,16,17,18). The lowest BCUT2D eigenvalue weighted by atomic mass is 9.72. The van der Waals surface area contributed by atoms with Gasteiger partial charge in [0.25, 0.3) is 0 Å². The molecule has 1 rings (SSSR count). The highest BCUT2D eigenvalue weighted by molar-refractivity contribution is 5.87. The molecule has 0 radical (unpaired) electrons. The van der Waals surface area contributed by atoms with Crippen molar-refractivity contribution in [3.05, 3.63) is 0 Å². The molecule has 2 amide bonds. The van der Waals surface area contributed by atoms with Crippen LogP contribution in [-0.2, 0) is 9.59 Å². The number of hydrogen-bond acceptors (Lipinski definition) is 2. The van der Waals surface area contributed by atoms with Gasteiger partial charge in [-0.05, 0) is 37.5 Å². The zero-order valence-corrected chi connectivity index (χ0v) is 11.3. The molecule has 0 aromatic rings. The second-order valence-corrected chi connectivity index (χ2v) is 5.28. The first kappa shape index (κ1) is 15.1. The smallest absolute Gasteiger partial charge is 0.229 e. The van der Waals surface area contributed by atoms with Gasteiger partial charge in [-0.25, -0.2) is 4.39 Å². The predicted molar refractivity (Wildman–Crippen MR) is 68.6 cm³/mol. The van der Waals surface area contributed by atoms with E-state index in [1.807, 2.05) is 13.8 Å². The fourth-order valence-corrected chi connectivity index (χ4v) is 3.09. The summed E-state index contributed by atoms with van der Waals surface area (Å²) >= 11 is 0. The van der Waals surface area contributed by atoms with Crippen molar-refractivity contribution in [2.75, 3.05) is 0 Å². The Bertz CT molecular complexity index is 283. The quantitative estimate of drug-likeness (QED) is 0.744. The van der Waals surface area contributed by atoms with Gasteiger partial charge in [-0.2, -0.15) is 0 Å². The summed E-state index contributed by atoms with van der Waals surface area (Å²) in [7, 11) is 0. The van der Waals surface area contributed by atoms with Crippen LogP contribution in [0.5, 0.6) is 0 Å². The summed E-state index contributed by atoms with van der Waals surface area (Å²) in [6, 6.07) is 0. The lowest BCUT2D eigenvalue weighted by Gasteiger charge is -2.35. The van der Waals surface area contributed by atoms with E-state index >= 15 is 0 Å². The van der Waals surface area contributed by atoms with E-state index < -0.39 is 6.17 Å². The van der Waals surface area contributed by atoms with Gasteiger partial charge in [0.15, 0.2) is 0 Å². The molecule has 18 heavy (non-hydrogen) atoms. The first-order valence-electron chi connectivity index (χ1n) is 7.02. The summed E-state index contributed by atoms with van der Waals surface area (Å²) in [5.41, 5.74) is 0. The van der Waals surface area contributed by atoms with Crippen molar-refractivity contribution < 1.29 is 14.0 Å². The molecule has 3 nitrogen and oxygen atoms in total. The number of nitrogens with one attached hydrogen (secondary N) is 1. The average Bonchev–Trinajstić information content (AvgIpc) is 2.36. The van der Waals surface area contributed by atoms with Crippen LogP contribution in [0.2, 0.25) is 0 Å². The molecule has 0 aromatic heterocycles. The first-order valence-corrected chi connectivity index (χ1v) is 7.02. The van der Waals surface area contributed by atoms with E-state index in [0.29, 0.717) is 12.8 Å². The molecular formula is C14H24FNO2. The molecule has 1 aliphatic carbocycles. The Morgan fingerprint density at radius 2 is 2.17 bits per heavy atom. The molecule has 0 bridgehead atoms. The molecule has 0 spiro atoms. The highest BCUT2D eigenvalue weighted by Crippen LogP contribution is 2.38.